The predicted molar refractivity (Wildman–Crippen MR) is 112 cm³/mol. The zero-order chi connectivity index (χ0) is 20.1. The van der Waals surface area contributed by atoms with Crippen molar-refractivity contribution in [3.8, 4) is 0 Å². The number of benzene rings is 2. The number of non-ortho nitro benzene ring substituents is 1. The molecule has 1 aliphatic rings. The number of amidine groups is 1. The van der Waals surface area contributed by atoms with Crippen molar-refractivity contribution in [1.82, 2.24) is 5.32 Å². The van der Waals surface area contributed by atoms with E-state index in [1.807, 2.05) is 0 Å². The molecular formula is C20H20N4O3S. The molecule has 3 rings (SSSR count). The van der Waals surface area contributed by atoms with Gasteiger partial charge in [0.05, 0.1) is 16.4 Å². The Kier molecular flexibility index (Phi) is 6.20. The Balaban J connectivity index is 1.59. The number of carbonyl (C=O) groups is 1. The van der Waals surface area contributed by atoms with Gasteiger partial charge < -0.3 is 5.32 Å². The molecule has 0 aliphatic carbocycles. The number of nitro groups is 1. The highest BCUT2D eigenvalue weighted by molar-refractivity contribution is 8.15. The Morgan fingerprint density at radius 2 is 1.86 bits per heavy atom. The number of carbonyl (C=O) groups excluding carboxylic acids is 1. The zero-order valence-electron chi connectivity index (χ0n) is 15.5. The first-order valence-electron chi connectivity index (χ1n) is 8.84. The van der Waals surface area contributed by atoms with E-state index in [1.165, 1.54) is 35.7 Å². The van der Waals surface area contributed by atoms with Gasteiger partial charge in [0.2, 0.25) is 5.91 Å². The van der Waals surface area contributed by atoms with E-state index < -0.39 is 4.92 Å². The number of hydrogen-bond acceptors (Lipinski definition) is 6. The summed E-state index contributed by atoms with van der Waals surface area (Å²) in [6.07, 6.45) is 2.11. The Bertz CT molecular complexity index is 921. The molecule has 1 unspecified atom stereocenters. The second kappa shape index (κ2) is 8.79. The van der Waals surface area contributed by atoms with Crippen molar-refractivity contribution in [3.05, 3.63) is 75.3 Å². The van der Waals surface area contributed by atoms with Gasteiger partial charge in [-0.3, -0.25) is 14.9 Å². The summed E-state index contributed by atoms with van der Waals surface area (Å²) < 4.78 is 0. The molecule has 1 heterocycles. The van der Waals surface area contributed by atoms with Gasteiger partial charge in [-0.2, -0.15) is 5.10 Å². The first-order chi connectivity index (χ1) is 13.4. The maximum atomic E-state index is 12.2. The van der Waals surface area contributed by atoms with Crippen LogP contribution in [0.1, 0.15) is 36.5 Å². The molecule has 1 aliphatic heterocycles. The van der Waals surface area contributed by atoms with E-state index in [9.17, 15) is 14.9 Å². The number of amides is 1. The third-order valence-electron chi connectivity index (χ3n) is 4.30. The summed E-state index contributed by atoms with van der Waals surface area (Å²) in [7, 11) is 0. The second-order valence-corrected chi connectivity index (χ2v) is 7.89. The molecule has 1 fully saturated rings. The first-order valence-corrected chi connectivity index (χ1v) is 9.72. The van der Waals surface area contributed by atoms with E-state index in [4.69, 9.17) is 0 Å². The lowest BCUT2D eigenvalue weighted by Crippen LogP contribution is -2.25. The molecule has 0 aromatic heterocycles. The average molecular weight is 396 g/mol. The molecule has 1 saturated heterocycles. The van der Waals surface area contributed by atoms with Crippen molar-refractivity contribution in [1.29, 1.82) is 0 Å². The quantitative estimate of drug-likeness (QED) is 0.455. The summed E-state index contributed by atoms with van der Waals surface area (Å²) in [5, 5.41) is 21.6. The number of nitro benzene ring substituents is 1. The normalized spacial score (nSPS) is 18.2. The molecule has 1 amide bonds. The number of thioether (sulfide) groups is 1. The molecule has 2 aromatic rings. The van der Waals surface area contributed by atoms with Gasteiger partial charge in [-0.05, 0) is 41.2 Å². The molecular weight excluding hydrogens is 376 g/mol. The van der Waals surface area contributed by atoms with Crippen LogP contribution < -0.4 is 5.32 Å². The van der Waals surface area contributed by atoms with E-state index in [1.54, 1.807) is 12.1 Å². The van der Waals surface area contributed by atoms with E-state index in [0.29, 0.717) is 23.1 Å². The van der Waals surface area contributed by atoms with Crippen LogP contribution in [0.5, 0.6) is 0 Å². The highest BCUT2D eigenvalue weighted by Gasteiger charge is 2.30. The summed E-state index contributed by atoms with van der Waals surface area (Å²) >= 11 is 1.35. The van der Waals surface area contributed by atoms with Crippen molar-refractivity contribution in [2.24, 2.45) is 10.2 Å². The van der Waals surface area contributed by atoms with Crippen LogP contribution in [0, 0.1) is 10.1 Å². The zero-order valence-corrected chi connectivity index (χ0v) is 16.3. The van der Waals surface area contributed by atoms with Crippen LogP contribution in [0.3, 0.4) is 0 Å². The molecule has 8 heteroatoms. The van der Waals surface area contributed by atoms with Crippen molar-refractivity contribution in [2.75, 3.05) is 0 Å². The Morgan fingerprint density at radius 1 is 1.18 bits per heavy atom. The molecule has 0 saturated carbocycles. The van der Waals surface area contributed by atoms with E-state index >= 15 is 0 Å². The molecule has 144 valence electrons. The van der Waals surface area contributed by atoms with Crippen LogP contribution in [0.25, 0.3) is 0 Å². The lowest BCUT2D eigenvalue weighted by Gasteiger charge is -2.08. The smallest absolute Gasteiger partial charge is 0.269 e. The molecule has 2 aromatic carbocycles. The average Bonchev–Trinajstić information content (AvgIpc) is 3.02. The molecule has 0 radical (unpaired) electrons. The van der Waals surface area contributed by atoms with Crippen molar-refractivity contribution >= 4 is 34.7 Å². The molecule has 28 heavy (non-hydrogen) atoms. The van der Waals surface area contributed by atoms with E-state index in [0.717, 1.165) is 5.56 Å². The second-order valence-electron chi connectivity index (χ2n) is 6.69. The van der Waals surface area contributed by atoms with Gasteiger partial charge in [-0.15, -0.1) is 5.10 Å². The molecule has 1 atom stereocenters. The number of nitrogens with one attached hydrogen (secondary N) is 1. The highest BCUT2D eigenvalue weighted by atomic mass is 32.2. The van der Waals surface area contributed by atoms with Crippen LogP contribution in [-0.2, 0) is 11.2 Å². The minimum Gasteiger partial charge on any atom is -0.303 e. The van der Waals surface area contributed by atoms with Crippen molar-refractivity contribution in [3.63, 3.8) is 0 Å². The van der Waals surface area contributed by atoms with Gasteiger partial charge in [0.1, 0.15) is 0 Å². The first kappa shape index (κ1) is 19.8. The summed E-state index contributed by atoms with van der Waals surface area (Å²) in [6.45, 7) is 4.30. The molecule has 0 bridgehead atoms. The third-order valence-corrected chi connectivity index (χ3v) is 5.38. The maximum absolute atomic E-state index is 12.2. The van der Waals surface area contributed by atoms with Crippen LogP contribution in [0.15, 0.2) is 58.7 Å². The fourth-order valence-corrected chi connectivity index (χ4v) is 3.63. The third kappa shape index (κ3) is 5.04. The summed E-state index contributed by atoms with van der Waals surface area (Å²) in [4.78, 5) is 22.4. The molecule has 7 nitrogen and oxygen atoms in total. The fourth-order valence-electron chi connectivity index (χ4n) is 2.67. The fraction of sp³-hybridized carbons (Fsp3) is 0.250. The minimum atomic E-state index is -0.456. The standard InChI is InChI=1S/C20H20N4O3S/c1-13(2)16-7-3-14(4-8-16)11-18-19(25)22-20(28-18)23-21-12-15-5-9-17(10-6-15)24(26)27/h3-10,12-13,18H,11H2,1-2H3,(H,22,23,25). The van der Waals surface area contributed by atoms with Gasteiger partial charge in [0.25, 0.3) is 5.69 Å². The summed E-state index contributed by atoms with van der Waals surface area (Å²) in [6, 6.07) is 14.3. The number of nitrogens with zero attached hydrogens (tertiary/aromatic N) is 3. The van der Waals surface area contributed by atoms with Gasteiger partial charge in [-0.1, -0.05) is 49.9 Å². The Morgan fingerprint density at radius 3 is 2.46 bits per heavy atom. The SMILES string of the molecule is CC(C)c1ccc(CC2SC(=NN=Cc3ccc([N+](=O)[O-])cc3)NC2=O)cc1. The number of rotatable bonds is 6. The minimum absolute atomic E-state index is 0.0198. The van der Waals surface area contributed by atoms with Gasteiger partial charge in [-0.25, -0.2) is 0 Å². The van der Waals surface area contributed by atoms with Gasteiger partial charge in [0.15, 0.2) is 5.17 Å². The van der Waals surface area contributed by atoms with Crippen molar-refractivity contribution < 1.29 is 9.72 Å². The molecule has 1 N–H and O–H groups in total. The Hall–Kier alpha value is -3.00. The summed E-state index contributed by atoms with van der Waals surface area (Å²) in [5.74, 6) is 0.396. The number of hydrogen-bond donors (Lipinski definition) is 1. The van der Waals surface area contributed by atoms with Crippen LogP contribution in [-0.4, -0.2) is 27.5 Å². The highest BCUT2D eigenvalue weighted by Crippen LogP contribution is 2.24. The van der Waals surface area contributed by atoms with Gasteiger partial charge >= 0.3 is 0 Å². The van der Waals surface area contributed by atoms with Crippen LogP contribution in [0.2, 0.25) is 0 Å². The van der Waals surface area contributed by atoms with E-state index in [-0.39, 0.29) is 16.8 Å². The molecule has 0 spiro atoms. The maximum Gasteiger partial charge on any atom is 0.269 e. The van der Waals surface area contributed by atoms with Crippen LogP contribution >= 0.6 is 11.8 Å². The van der Waals surface area contributed by atoms with Gasteiger partial charge in [0, 0.05) is 12.1 Å². The Labute approximate surface area is 167 Å². The lowest BCUT2D eigenvalue weighted by molar-refractivity contribution is -0.384. The summed E-state index contributed by atoms with van der Waals surface area (Å²) in [5.41, 5.74) is 3.08. The van der Waals surface area contributed by atoms with E-state index in [2.05, 4.69) is 53.6 Å². The van der Waals surface area contributed by atoms with Crippen molar-refractivity contribution in [2.45, 2.75) is 31.4 Å². The monoisotopic (exact) mass is 396 g/mol. The lowest BCUT2D eigenvalue weighted by atomic mass is 10.0. The topological polar surface area (TPSA) is 97.0 Å². The predicted octanol–water partition coefficient (Wildman–Crippen LogP) is 3.88. The largest absolute Gasteiger partial charge is 0.303 e. The van der Waals surface area contributed by atoms with Crippen LogP contribution in [0.4, 0.5) is 5.69 Å².